The van der Waals surface area contributed by atoms with Crippen molar-refractivity contribution >= 4 is 17.9 Å². The Morgan fingerprint density at radius 1 is 1.18 bits per heavy atom. The summed E-state index contributed by atoms with van der Waals surface area (Å²) in [6.45, 7) is 7.23. The number of esters is 3. The summed E-state index contributed by atoms with van der Waals surface area (Å²) >= 11 is 0. The topological polar surface area (TPSA) is 88.1 Å². The lowest BCUT2D eigenvalue weighted by molar-refractivity contribution is -0.181. The molecule has 3 atom stereocenters. The average molecular weight is 312 g/mol. The second-order valence-electron chi connectivity index (χ2n) is 4.73. The number of carbonyl (C=O) groups excluding carboxylic acids is 3. The summed E-state index contributed by atoms with van der Waals surface area (Å²) in [6, 6.07) is 0. The first-order valence-corrected chi connectivity index (χ1v) is 6.79. The van der Waals surface area contributed by atoms with Crippen molar-refractivity contribution in [2.45, 2.75) is 45.5 Å². The highest BCUT2D eigenvalue weighted by molar-refractivity contribution is 5.68. The predicted molar refractivity (Wildman–Crippen MR) is 75.5 cm³/mol. The average Bonchev–Trinajstić information content (AvgIpc) is 2.38. The summed E-state index contributed by atoms with van der Waals surface area (Å²) in [5, 5.41) is 0. The molecule has 0 aromatic carbocycles. The van der Waals surface area contributed by atoms with Crippen LogP contribution in [0.25, 0.3) is 0 Å². The Kier molecular flexibility index (Phi) is 6.62. The fraction of sp³-hybridized carbons (Fsp3) is 0.533. The number of allylic oxidation sites excluding steroid dienone is 1. The van der Waals surface area contributed by atoms with Gasteiger partial charge in [0.25, 0.3) is 0 Å². The molecule has 1 aliphatic rings. The molecule has 0 amide bonds. The van der Waals surface area contributed by atoms with Gasteiger partial charge in [0.15, 0.2) is 18.3 Å². The maximum atomic E-state index is 11.3. The molecule has 0 spiro atoms. The van der Waals surface area contributed by atoms with E-state index in [1.165, 1.54) is 20.8 Å². The molecule has 0 saturated heterocycles. The molecule has 122 valence electrons. The zero-order chi connectivity index (χ0) is 16.7. The van der Waals surface area contributed by atoms with E-state index in [1.807, 2.05) is 0 Å². The zero-order valence-corrected chi connectivity index (χ0v) is 12.9. The van der Waals surface area contributed by atoms with Crippen molar-refractivity contribution in [3.05, 3.63) is 24.5 Å². The summed E-state index contributed by atoms with van der Waals surface area (Å²) in [5.74, 6) is -1.07. The van der Waals surface area contributed by atoms with Crippen LogP contribution in [0.4, 0.5) is 0 Å². The van der Waals surface area contributed by atoms with Gasteiger partial charge in [-0.25, -0.2) is 0 Å². The van der Waals surface area contributed by atoms with Gasteiger partial charge in [-0.2, -0.15) is 0 Å². The molecule has 22 heavy (non-hydrogen) atoms. The summed E-state index contributed by atoms with van der Waals surface area (Å²) in [7, 11) is 0. The molecule has 0 bridgehead atoms. The predicted octanol–water partition coefficient (Wildman–Crippen LogP) is 1.27. The third-order valence-corrected chi connectivity index (χ3v) is 2.74. The van der Waals surface area contributed by atoms with E-state index in [0.717, 1.165) is 0 Å². The number of hydrogen-bond acceptors (Lipinski definition) is 7. The first kappa shape index (κ1) is 17.7. The van der Waals surface area contributed by atoms with Crippen molar-refractivity contribution in [3.63, 3.8) is 0 Å². The van der Waals surface area contributed by atoms with E-state index in [1.54, 1.807) is 12.2 Å². The monoisotopic (exact) mass is 312 g/mol. The van der Waals surface area contributed by atoms with Crippen LogP contribution in [0.1, 0.15) is 27.2 Å². The second kappa shape index (κ2) is 8.21. The fourth-order valence-corrected chi connectivity index (χ4v) is 2.00. The minimum Gasteiger partial charge on any atom is -0.487 e. The first-order chi connectivity index (χ1) is 10.3. The van der Waals surface area contributed by atoms with E-state index < -0.39 is 36.2 Å². The van der Waals surface area contributed by atoms with Gasteiger partial charge >= 0.3 is 17.9 Å². The van der Waals surface area contributed by atoms with Crippen molar-refractivity contribution in [1.82, 2.24) is 0 Å². The van der Waals surface area contributed by atoms with Crippen molar-refractivity contribution in [2.24, 2.45) is 0 Å². The van der Waals surface area contributed by atoms with Crippen LogP contribution in [-0.4, -0.2) is 42.8 Å². The van der Waals surface area contributed by atoms with Gasteiger partial charge in [-0.1, -0.05) is 6.08 Å². The summed E-state index contributed by atoms with van der Waals surface area (Å²) in [6.07, 6.45) is 1.10. The van der Waals surface area contributed by atoms with Gasteiger partial charge in [0, 0.05) is 27.2 Å². The largest absolute Gasteiger partial charge is 0.487 e. The molecule has 1 aliphatic heterocycles. The third-order valence-electron chi connectivity index (χ3n) is 2.74. The van der Waals surface area contributed by atoms with Crippen LogP contribution in [0.5, 0.6) is 0 Å². The maximum absolute atomic E-state index is 11.3. The highest BCUT2D eigenvalue weighted by atomic mass is 16.6. The lowest BCUT2D eigenvalue weighted by atomic mass is 10.0. The Hall–Kier alpha value is -2.31. The van der Waals surface area contributed by atoms with E-state index >= 15 is 0 Å². The van der Waals surface area contributed by atoms with Crippen molar-refractivity contribution in [3.8, 4) is 0 Å². The van der Waals surface area contributed by atoms with Gasteiger partial charge in [0.05, 0.1) is 0 Å². The van der Waals surface area contributed by atoms with Crippen LogP contribution in [-0.2, 0) is 33.3 Å². The summed E-state index contributed by atoms with van der Waals surface area (Å²) in [5.41, 5.74) is 0. The molecular formula is C15H20O7. The normalized spacial score (nSPS) is 23.6. The molecule has 0 radical (unpaired) electrons. The minimum absolute atomic E-state index is 0.125. The fourth-order valence-electron chi connectivity index (χ4n) is 2.00. The number of ether oxygens (including phenoxy) is 4. The van der Waals surface area contributed by atoms with Crippen LogP contribution in [0.15, 0.2) is 24.5 Å². The van der Waals surface area contributed by atoms with Gasteiger partial charge in [-0.05, 0) is 6.08 Å². The highest BCUT2D eigenvalue weighted by Crippen LogP contribution is 2.25. The van der Waals surface area contributed by atoms with Crippen LogP contribution in [0, 0.1) is 0 Å². The molecule has 7 nitrogen and oxygen atoms in total. The highest BCUT2D eigenvalue weighted by Gasteiger charge is 2.40. The van der Waals surface area contributed by atoms with Crippen LogP contribution in [0.3, 0.4) is 0 Å². The Morgan fingerprint density at radius 2 is 1.82 bits per heavy atom. The number of carbonyl (C=O) groups is 3. The molecule has 0 aromatic rings. The van der Waals surface area contributed by atoms with Crippen LogP contribution >= 0.6 is 0 Å². The molecule has 0 saturated carbocycles. The molecular weight excluding hydrogens is 292 g/mol. The smallest absolute Gasteiger partial charge is 0.303 e. The minimum atomic E-state index is -0.894. The molecule has 0 aromatic heterocycles. The number of rotatable bonds is 6. The van der Waals surface area contributed by atoms with Crippen molar-refractivity contribution in [1.29, 1.82) is 0 Å². The van der Waals surface area contributed by atoms with E-state index in [-0.39, 0.29) is 6.61 Å². The summed E-state index contributed by atoms with van der Waals surface area (Å²) in [4.78, 5) is 33.5. The van der Waals surface area contributed by atoms with Crippen molar-refractivity contribution < 1.29 is 33.3 Å². The molecule has 1 rings (SSSR count). The second-order valence-corrected chi connectivity index (χ2v) is 4.73. The van der Waals surface area contributed by atoms with E-state index in [4.69, 9.17) is 18.9 Å². The van der Waals surface area contributed by atoms with Gasteiger partial charge < -0.3 is 18.9 Å². The third kappa shape index (κ3) is 5.59. The Balaban J connectivity index is 3.01. The van der Waals surface area contributed by atoms with Gasteiger partial charge in [-0.3, -0.25) is 14.4 Å². The zero-order valence-electron chi connectivity index (χ0n) is 12.9. The van der Waals surface area contributed by atoms with Gasteiger partial charge in [-0.15, -0.1) is 6.58 Å². The SMILES string of the molecule is C=CCC1=C[C@@H](OC(C)=O)[C@H](OC(C)=O)[C@@H](COC(C)=O)O1. The van der Waals surface area contributed by atoms with E-state index in [2.05, 4.69) is 6.58 Å². The Morgan fingerprint density at radius 3 is 2.32 bits per heavy atom. The quantitative estimate of drug-likeness (QED) is 0.414. The lowest BCUT2D eigenvalue weighted by Gasteiger charge is -2.35. The Labute approximate surface area is 128 Å². The molecule has 1 heterocycles. The van der Waals surface area contributed by atoms with Crippen LogP contribution < -0.4 is 0 Å². The molecule has 0 N–H and O–H groups in total. The molecule has 0 fully saturated rings. The lowest BCUT2D eigenvalue weighted by Crippen LogP contribution is -2.48. The Bertz CT molecular complexity index is 480. The van der Waals surface area contributed by atoms with Gasteiger partial charge in [0.1, 0.15) is 12.4 Å². The van der Waals surface area contributed by atoms with E-state index in [0.29, 0.717) is 12.2 Å². The first-order valence-electron chi connectivity index (χ1n) is 6.79. The standard InChI is InChI=1S/C15H20O7/c1-5-6-12-7-13(20-10(3)17)15(21-11(4)18)14(22-12)8-19-9(2)16/h5,7,13-15H,1,6,8H2,2-4H3/t13-,14-,15+/m1/s1. The number of hydrogen-bond donors (Lipinski definition) is 0. The molecule has 0 unspecified atom stereocenters. The maximum Gasteiger partial charge on any atom is 0.303 e. The molecule has 0 aliphatic carbocycles. The van der Waals surface area contributed by atoms with Crippen molar-refractivity contribution in [2.75, 3.05) is 6.61 Å². The van der Waals surface area contributed by atoms with Crippen LogP contribution in [0.2, 0.25) is 0 Å². The molecule has 7 heteroatoms. The van der Waals surface area contributed by atoms with E-state index in [9.17, 15) is 14.4 Å². The summed E-state index contributed by atoms with van der Waals surface area (Å²) < 4.78 is 20.9. The van der Waals surface area contributed by atoms with Gasteiger partial charge in [0.2, 0.25) is 0 Å².